The van der Waals surface area contributed by atoms with Crippen LogP contribution in [0.3, 0.4) is 0 Å². The van der Waals surface area contributed by atoms with E-state index in [-0.39, 0.29) is 12.4 Å². The van der Waals surface area contributed by atoms with Crippen molar-refractivity contribution in [3.05, 3.63) is 35.6 Å². The van der Waals surface area contributed by atoms with Gasteiger partial charge < -0.3 is 0 Å². The van der Waals surface area contributed by atoms with Crippen LogP contribution in [-0.4, -0.2) is 32.4 Å². The summed E-state index contributed by atoms with van der Waals surface area (Å²) in [4.78, 5) is 0. The molecular formula is C10H13FN2O2S. The molecule has 1 saturated heterocycles. The maximum absolute atomic E-state index is 13.2. The molecule has 0 radical (unpaired) electrons. The third-order valence-electron chi connectivity index (χ3n) is 2.38. The highest BCUT2D eigenvalue weighted by atomic mass is 32.2. The quantitative estimate of drug-likeness (QED) is 0.768. The Kier molecular flexibility index (Phi) is 3.22. The first-order chi connectivity index (χ1) is 7.59. The molecule has 0 bridgehead atoms. The monoisotopic (exact) mass is 244 g/mol. The maximum atomic E-state index is 13.2. The van der Waals surface area contributed by atoms with E-state index in [1.54, 1.807) is 18.2 Å². The summed E-state index contributed by atoms with van der Waals surface area (Å²) in [6.45, 7) is 1.38. The Morgan fingerprint density at radius 1 is 1.31 bits per heavy atom. The van der Waals surface area contributed by atoms with Crippen LogP contribution in [0.1, 0.15) is 5.56 Å². The van der Waals surface area contributed by atoms with Gasteiger partial charge in [-0.2, -0.15) is 12.7 Å². The lowest BCUT2D eigenvalue weighted by Gasteiger charge is -2.06. The Balaban J connectivity index is 1.86. The number of benzene rings is 1. The van der Waals surface area contributed by atoms with Gasteiger partial charge in [0.2, 0.25) is 0 Å². The number of halogens is 1. The smallest absolute Gasteiger partial charge is 0.207 e. The fourth-order valence-corrected chi connectivity index (χ4v) is 2.49. The first-order valence-electron chi connectivity index (χ1n) is 5.08. The summed E-state index contributed by atoms with van der Waals surface area (Å²) in [6.07, 6.45) is 0.361. The fourth-order valence-electron chi connectivity index (χ4n) is 1.39. The highest BCUT2D eigenvalue weighted by Crippen LogP contribution is 2.10. The van der Waals surface area contributed by atoms with Crippen molar-refractivity contribution in [2.24, 2.45) is 0 Å². The number of hydrogen-bond donors (Lipinski definition) is 1. The normalized spacial score (nSPS) is 16.3. The largest absolute Gasteiger partial charge is 0.279 e. The molecule has 1 heterocycles. The maximum Gasteiger partial charge on any atom is 0.279 e. The third kappa shape index (κ3) is 2.78. The molecule has 0 aromatic heterocycles. The first-order valence-corrected chi connectivity index (χ1v) is 6.52. The summed E-state index contributed by atoms with van der Waals surface area (Å²) in [5.74, 6) is -0.298. The molecule has 1 fully saturated rings. The van der Waals surface area contributed by atoms with Crippen molar-refractivity contribution in [2.75, 3.05) is 19.6 Å². The van der Waals surface area contributed by atoms with E-state index in [0.29, 0.717) is 25.1 Å². The lowest BCUT2D eigenvalue weighted by molar-refractivity contribution is 0.545. The lowest BCUT2D eigenvalue weighted by Crippen LogP contribution is -2.31. The SMILES string of the molecule is O=S(=O)(NCCc1ccccc1F)N1CC1. The Bertz CT molecular complexity index is 471. The second-order valence-electron chi connectivity index (χ2n) is 3.64. The highest BCUT2D eigenvalue weighted by molar-refractivity contribution is 7.87. The van der Waals surface area contributed by atoms with Gasteiger partial charge in [-0.25, -0.2) is 9.11 Å². The van der Waals surface area contributed by atoms with Crippen LogP contribution < -0.4 is 4.72 Å². The molecule has 0 spiro atoms. The van der Waals surface area contributed by atoms with Crippen LogP contribution in [0, 0.1) is 5.82 Å². The Hall–Kier alpha value is -0.980. The van der Waals surface area contributed by atoms with Crippen LogP contribution >= 0.6 is 0 Å². The van der Waals surface area contributed by atoms with Crippen LogP contribution in [0.5, 0.6) is 0 Å². The van der Waals surface area contributed by atoms with Crippen LogP contribution in [0.4, 0.5) is 4.39 Å². The van der Waals surface area contributed by atoms with E-state index in [2.05, 4.69) is 4.72 Å². The van der Waals surface area contributed by atoms with Crippen LogP contribution in [-0.2, 0) is 16.6 Å². The average Bonchev–Trinajstić information content (AvgIpc) is 3.04. The van der Waals surface area contributed by atoms with E-state index in [9.17, 15) is 12.8 Å². The summed E-state index contributed by atoms with van der Waals surface area (Å²) < 4.78 is 39.7. The summed E-state index contributed by atoms with van der Waals surface area (Å²) in [5.41, 5.74) is 0.524. The number of nitrogens with zero attached hydrogens (tertiary/aromatic N) is 1. The average molecular weight is 244 g/mol. The van der Waals surface area contributed by atoms with Crippen molar-refractivity contribution >= 4 is 10.2 Å². The van der Waals surface area contributed by atoms with Gasteiger partial charge in [0.05, 0.1) is 0 Å². The summed E-state index contributed by atoms with van der Waals surface area (Å²) in [7, 11) is -3.31. The molecule has 0 amide bonds. The van der Waals surface area contributed by atoms with Gasteiger partial charge in [-0.15, -0.1) is 0 Å². The molecule has 2 rings (SSSR count). The molecule has 0 aliphatic carbocycles. The third-order valence-corrected chi connectivity index (χ3v) is 4.00. The standard InChI is InChI=1S/C10H13FN2O2S/c11-10-4-2-1-3-9(10)5-6-12-16(14,15)13-7-8-13/h1-4,12H,5-8H2. The summed E-state index contributed by atoms with van der Waals surface area (Å²) in [6, 6.07) is 6.37. The van der Waals surface area contributed by atoms with Crippen molar-refractivity contribution in [3.63, 3.8) is 0 Å². The second-order valence-corrected chi connectivity index (χ2v) is 5.40. The zero-order chi connectivity index (χ0) is 11.6. The van der Waals surface area contributed by atoms with E-state index in [1.165, 1.54) is 10.4 Å². The van der Waals surface area contributed by atoms with Crippen LogP contribution in [0.2, 0.25) is 0 Å². The first kappa shape index (κ1) is 11.5. The Morgan fingerprint density at radius 2 is 2.00 bits per heavy atom. The van der Waals surface area contributed by atoms with E-state index in [0.717, 1.165) is 0 Å². The van der Waals surface area contributed by atoms with Gasteiger partial charge in [0.15, 0.2) is 0 Å². The molecule has 1 aliphatic heterocycles. The number of hydrogen-bond acceptors (Lipinski definition) is 2. The van der Waals surface area contributed by atoms with Crippen molar-refractivity contribution in [1.29, 1.82) is 0 Å². The van der Waals surface area contributed by atoms with Gasteiger partial charge in [-0.3, -0.25) is 0 Å². The van der Waals surface area contributed by atoms with E-state index < -0.39 is 10.2 Å². The fraction of sp³-hybridized carbons (Fsp3) is 0.400. The molecule has 0 unspecified atom stereocenters. The molecule has 88 valence electrons. The topological polar surface area (TPSA) is 49.2 Å². The van der Waals surface area contributed by atoms with E-state index >= 15 is 0 Å². The zero-order valence-electron chi connectivity index (χ0n) is 8.69. The van der Waals surface area contributed by atoms with Gasteiger partial charge >= 0.3 is 0 Å². The van der Waals surface area contributed by atoms with Gasteiger partial charge in [0, 0.05) is 19.6 Å². The Morgan fingerprint density at radius 3 is 2.62 bits per heavy atom. The minimum Gasteiger partial charge on any atom is -0.207 e. The Labute approximate surface area is 94.3 Å². The number of nitrogens with one attached hydrogen (secondary N) is 1. The number of rotatable bonds is 5. The molecule has 16 heavy (non-hydrogen) atoms. The minimum absolute atomic E-state index is 0.222. The molecule has 1 aromatic rings. The molecule has 1 aromatic carbocycles. The second kappa shape index (κ2) is 4.48. The molecular weight excluding hydrogens is 231 g/mol. The predicted octanol–water partition coefficient (Wildman–Crippen LogP) is 0.518. The van der Waals surface area contributed by atoms with Gasteiger partial charge in [0.25, 0.3) is 10.2 Å². The summed E-state index contributed by atoms with van der Waals surface area (Å²) in [5, 5.41) is 0. The lowest BCUT2D eigenvalue weighted by atomic mass is 10.1. The molecule has 0 atom stereocenters. The molecule has 0 saturated carbocycles. The molecule has 1 aliphatic rings. The van der Waals surface area contributed by atoms with Gasteiger partial charge in [-0.1, -0.05) is 18.2 Å². The van der Waals surface area contributed by atoms with E-state index in [1.807, 2.05) is 0 Å². The predicted molar refractivity (Wildman–Crippen MR) is 58.6 cm³/mol. The van der Waals surface area contributed by atoms with Crippen molar-refractivity contribution < 1.29 is 12.8 Å². The van der Waals surface area contributed by atoms with Crippen molar-refractivity contribution in [2.45, 2.75) is 6.42 Å². The van der Waals surface area contributed by atoms with Crippen LogP contribution in [0.15, 0.2) is 24.3 Å². The van der Waals surface area contributed by atoms with Gasteiger partial charge in [0.1, 0.15) is 5.82 Å². The molecule has 6 heteroatoms. The van der Waals surface area contributed by atoms with Crippen molar-refractivity contribution in [1.82, 2.24) is 9.03 Å². The van der Waals surface area contributed by atoms with E-state index in [4.69, 9.17) is 0 Å². The minimum atomic E-state index is -3.31. The van der Waals surface area contributed by atoms with Crippen LogP contribution in [0.25, 0.3) is 0 Å². The molecule has 4 nitrogen and oxygen atoms in total. The molecule has 1 N–H and O–H groups in total. The highest BCUT2D eigenvalue weighted by Gasteiger charge is 2.30. The summed E-state index contributed by atoms with van der Waals surface area (Å²) >= 11 is 0. The van der Waals surface area contributed by atoms with Crippen molar-refractivity contribution in [3.8, 4) is 0 Å². The zero-order valence-corrected chi connectivity index (χ0v) is 9.50. The van der Waals surface area contributed by atoms with Gasteiger partial charge in [-0.05, 0) is 18.1 Å².